The van der Waals surface area contributed by atoms with E-state index in [4.69, 9.17) is 4.74 Å². The number of amides is 1. The Morgan fingerprint density at radius 1 is 1.17 bits per heavy atom. The van der Waals surface area contributed by atoms with Gasteiger partial charge in [-0.3, -0.25) is 4.90 Å². The highest BCUT2D eigenvalue weighted by Crippen LogP contribution is 2.46. The van der Waals surface area contributed by atoms with E-state index in [1.165, 1.54) is 0 Å². The van der Waals surface area contributed by atoms with Gasteiger partial charge in [-0.2, -0.15) is 4.31 Å². The summed E-state index contributed by atoms with van der Waals surface area (Å²) in [6.07, 6.45) is 4.09. The lowest BCUT2D eigenvalue weighted by atomic mass is 9.77. The summed E-state index contributed by atoms with van der Waals surface area (Å²) in [4.78, 5) is 14.7. The number of hydrogen-bond donors (Lipinski definition) is 0. The minimum atomic E-state index is -3.61. The number of benzene rings is 1. The molecule has 7 heteroatoms. The maximum Gasteiger partial charge on any atom is 0.414 e. The van der Waals surface area contributed by atoms with Crippen LogP contribution in [0.2, 0.25) is 0 Å². The smallest absolute Gasteiger partial charge is 0.414 e. The third-order valence-corrected chi connectivity index (χ3v) is 8.57. The molecule has 6 nitrogen and oxygen atoms in total. The zero-order valence-corrected chi connectivity index (χ0v) is 18.4. The summed E-state index contributed by atoms with van der Waals surface area (Å²) in [6.45, 7) is 8.55. The monoisotopic (exact) mass is 418 g/mol. The molecule has 4 aliphatic rings. The normalized spacial score (nSPS) is 30.0. The van der Waals surface area contributed by atoms with Gasteiger partial charge in [0.25, 0.3) is 0 Å². The minimum absolute atomic E-state index is 0.00719. The van der Waals surface area contributed by atoms with Gasteiger partial charge < -0.3 is 4.74 Å². The van der Waals surface area contributed by atoms with Crippen LogP contribution in [0.4, 0.5) is 4.79 Å². The van der Waals surface area contributed by atoms with Crippen LogP contribution in [0, 0.1) is 18.8 Å². The molecule has 0 unspecified atom stereocenters. The Morgan fingerprint density at radius 2 is 1.86 bits per heavy atom. The Bertz CT molecular complexity index is 923. The van der Waals surface area contributed by atoms with E-state index >= 15 is 0 Å². The van der Waals surface area contributed by atoms with Crippen molar-refractivity contribution in [1.29, 1.82) is 0 Å². The van der Waals surface area contributed by atoms with Crippen molar-refractivity contribution in [3.05, 3.63) is 41.6 Å². The number of ether oxygens (including phenoxy) is 1. The molecule has 1 amide bonds. The summed E-state index contributed by atoms with van der Waals surface area (Å²) in [5.74, 6) is 0.285. The molecule has 0 saturated carbocycles. The third kappa shape index (κ3) is 3.28. The van der Waals surface area contributed by atoms with E-state index < -0.39 is 10.0 Å². The van der Waals surface area contributed by atoms with Gasteiger partial charge >= 0.3 is 6.09 Å². The van der Waals surface area contributed by atoms with Crippen LogP contribution >= 0.6 is 0 Å². The fourth-order valence-corrected chi connectivity index (χ4v) is 6.95. The summed E-state index contributed by atoms with van der Waals surface area (Å²) in [5.41, 5.74) is 2.00. The second kappa shape index (κ2) is 7.43. The number of carbonyl (C=O) groups excluding carboxylic acids is 1. The van der Waals surface area contributed by atoms with E-state index in [0.29, 0.717) is 17.9 Å². The molecule has 1 aliphatic carbocycles. The molecular formula is C22H30N2O4S. The van der Waals surface area contributed by atoms with Crippen molar-refractivity contribution in [1.82, 2.24) is 9.21 Å². The molecular weight excluding hydrogens is 388 g/mol. The van der Waals surface area contributed by atoms with Gasteiger partial charge in [0.1, 0.15) is 6.61 Å². The lowest BCUT2D eigenvalue weighted by Crippen LogP contribution is -2.58. The molecule has 4 atom stereocenters. The molecule has 0 aromatic heterocycles. The standard InChI is InChI=1S/C22H30N2O4S/c1-5-19-18-11-8-16(12-20(18)23-21(14(2)3)13-28-22(23)25)24(19)29(26,27)17-9-6-15(4)7-10-17/h6-7,9-10,12,14,16,18-19,21H,5,8,11,13H2,1-4H3/t16-,18-,19-,21+/m1/s1. The molecule has 2 saturated heterocycles. The Labute approximate surface area is 173 Å². The number of hydrogen-bond acceptors (Lipinski definition) is 4. The van der Waals surface area contributed by atoms with Crippen molar-refractivity contribution in [3.8, 4) is 0 Å². The molecule has 2 fully saturated rings. The van der Waals surface area contributed by atoms with Crippen molar-refractivity contribution in [2.75, 3.05) is 6.61 Å². The summed E-state index contributed by atoms with van der Waals surface area (Å²) in [5, 5.41) is 0. The molecule has 1 aromatic carbocycles. The summed E-state index contributed by atoms with van der Waals surface area (Å²) < 4.78 is 34.1. The Balaban J connectivity index is 1.73. The average molecular weight is 419 g/mol. The number of fused-ring (bicyclic) bond motifs is 2. The first-order valence-corrected chi connectivity index (χ1v) is 12.0. The number of aryl methyl sites for hydroxylation is 1. The highest BCUT2D eigenvalue weighted by molar-refractivity contribution is 7.89. The van der Waals surface area contributed by atoms with E-state index in [9.17, 15) is 13.2 Å². The van der Waals surface area contributed by atoms with Crippen molar-refractivity contribution >= 4 is 16.1 Å². The van der Waals surface area contributed by atoms with Crippen molar-refractivity contribution < 1.29 is 17.9 Å². The molecule has 5 rings (SSSR count). The number of carbonyl (C=O) groups is 1. The first-order chi connectivity index (χ1) is 13.8. The van der Waals surface area contributed by atoms with Gasteiger partial charge in [-0.15, -0.1) is 0 Å². The highest BCUT2D eigenvalue weighted by Gasteiger charge is 2.51. The number of cyclic esters (lactones) is 1. The lowest BCUT2D eigenvalue weighted by molar-refractivity contribution is 0.103. The lowest BCUT2D eigenvalue weighted by Gasteiger charge is -2.51. The van der Waals surface area contributed by atoms with Crippen LogP contribution < -0.4 is 0 Å². The van der Waals surface area contributed by atoms with Gasteiger partial charge in [0.05, 0.1) is 10.9 Å². The van der Waals surface area contributed by atoms with E-state index in [-0.39, 0.29) is 36.1 Å². The molecule has 3 heterocycles. The number of nitrogens with zero attached hydrogens (tertiary/aromatic N) is 2. The topological polar surface area (TPSA) is 66.9 Å². The molecule has 158 valence electrons. The van der Waals surface area contributed by atoms with Gasteiger partial charge in [0.15, 0.2) is 0 Å². The Kier molecular flexibility index (Phi) is 5.23. The van der Waals surface area contributed by atoms with Crippen LogP contribution in [0.5, 0.6) is 0 Å². The molecule has 29 heavy (non-hydrogen) atoms. The molecule has 2 bridgehead atoms. The second-order valence-electron chi connectivity index (χ2n) is 8.72. The van der Waals surface area contributed by atoms with Crippen LogP contribution in [0.1, 0.15) is 45.6 Å². The maximum absolute atomic E-state index is 13.5. The van der Waals surface area contributed by atoms with Gasteiger partial charge in [0.2, 0.25) is 10.0 Å². The highest BCUT2D eigenvalue weighted by atomic mass is 32.2. The molecule has 0 radical (unpaired) electrons. The largest absolute Gasteiger partial charge is 0.447 e. The third-order valence-electron chi connectivity index (χ3n) is 6.60. The van der Waals surface area contributed by atoms with Gasteiger partial charge in [-0.1, -0.05) is 38.5 Å². The zero-order valence-electron chi connectivity index (χ0n) is 17.5. The van der Waals surface area contributed by atoms with Crippen LogP contribution in [-0.4, -0.2) is 48.4 Å². The maximum atomic E-state index is 13.5. The van der Waals surface area contributed by atoms with Gasteiger partial charge in [-0.05, 0) is 50.3 Å². The first kappa shape index (κ1) is 20.4. The SMILES string of the molecule is CC[C@@H]1[C@H]2CC[C@H](C=C2N2C(=O)OC[C@H]2C(C)C)N1S(=O)(=O)c1ccc(C)cc1. The van der Waals surface area contributed by atoms with Crippen LogP contribution in [0.15, 0.2) is 40.9 Å². The van der Waals surface area contributed by atoms with E-state index in [1.807, 2.05) is 32.1 Å². The fraction of sp³-hybridized carbons (Fsp3) is 0.591. The van der Waals surface area contributed by atoms with E-state index in [0.717, 1.165) is 24.1 Å². The Hall–Kier alpha value is -1.86. The van der Waals surface area contributed by atoms with Gasteiger partial charge in [-0.25, -0.2) is 13.2 Å². The molecule has 3 aliphatic heterocycles. The second-order valence-corrected chi connectivity index (χ2v) is 10.6. The van der Waals surface area contributed by atoms with E-state index in [2.05, 4.69) is 13.8 Å². The first-order valence-electron chi connectivity index (χ1n) is 10.5. The number of sulfonamides is 1. The predicted octanol–water partition coefficient (Wildman–Crippen LogP) is 3.92. The fourth-order valence-electron chi connectivity index (χ4n) is 5.05. The Morgan fingerprint density at radius 3 is 2.48 bits per heavy atom. The average Bonchev–Trinajstić information content (AvgIpc) is 3.09. The summed E-state index contributed by atoms with van der Waals surface area (Å²) >= 11 is 0. The molecule has 0 spiro atoms. The predicted molar refractivity (Wildman–Crippen MR) is 111 cm³/mol. The number of piperidine rings is 1. The van der Waals surface area contributed by atoms with Crippen LogP contribution in [0.25, 0.3) is 0 Å². The van der Waals surface area contributed by atoms with Crippen molar-refractivity contribution in [2.24, 2.45) is 11.8 Å². The van der Waals surface area contributed by atoms with E-state index in [1.54, 1.807) is 21.3 Å². The number of rotatable bonds is 5. The quantitative estimate of drug-likeness (QED) is 0.727. The summed E-state index contributed by atoms with van der Waals surface area (Å²) in [7, 11) is -3.61. The minimum Gasteiger partial charge on any atom is -0.447 e. The van der Waals surface area contributed by atoms with Crippen LogP contribution in [0.3, 0.4) is 0 Å². The van der Waals surface area contributed by atoms with Crippen molar-refractivity contribution in [3.63, 3.8) is 0 Å². The zero-order chi connectivity index (χ0) is 20.9. The van der Waals surface area contributed by atoms with Gasteiger partial charge in [0, 0.05) is 23.7 Å². The molecule has 0 N–H and O–H groups in total. The van der Waals surface area contributed by atoms with Crippen LogP contribution in [-0.2, 0) is 14.8 Å². The summed E-state index contributed by atoms with van der Waals surface area (Å²) in [6, 6.07) is 6.69. The van der Waals surface area contributed by atoms with Crippen molar-refractivity contribution in [2.45, 2.75) is 70.0 Å². The molecule has 1 aromatic rings.